The summed E-state index contributed by atoms with van der Waals surface area (Å²) in [5, 5.41) is 1.92. The molecule has 126 valence electrons. The van der Waals surface area contributed by atoms with Gasteiger partial charge in [0.2, 0.25) is 0 Å². The predicted octanol–water partition coefficient (Wildman–Crippen LogP) is 6.06. The molecule has 0 unspecified atom stereocenters. The highest BCUT2D eigenvalue weighted by atomic mass is 32.1. The van der Waals surface area contributed by atoms with E-state index in [9.17, 15) is 4.79 Å². The van der Waals surface area contributed by atoms with E-state index in [4.69, 9.17) is 0 Å². The lowest BCUT2D eigenvalue weighted by molar-refractivity contribution is 0.105. The summed E-state index contributed by atoms with van der Waals surface area (Å²) in [6.45, 7) is 0. The van der Waals surface area contributed by atoms with E-state index in [0.717, 1.165) is 33.0 Å². The summed E-state index contributed by atoms with van der Waals surface area (Å²) < 4.78 is 0. The number of aromatic amines is 1. The van der Waals surface area contributed by atoms with Crippen molar-refractivity contribution in [2.24, 2.45) is 0 Å². The minimum Gasteiger partial charge on any atom is -0.355 e. The molecule has 2 aromatic carbocycles. The molecule has 0 saturated carbocycles. The lowest BCUT2D eigenvalue weighted by atomic mass is 10.0. The fourth-order valence-corrected chi connectivity index (χ4v) is 3.53. The van der Waals surface area contributed by atoms with Crippen molar-refractivity contribution >= 4 is 22.7 Å². The van der Waals surface area contributed by atoms with Crippen LogP contribution in [0, 0.1) is 0 Å². The number of nitrogens with one attached hydrogen (secondary N) is 1. The largest absolute Gasteiger partial charge is 0.355 e. The third-order valence-electron chi connectivity index (χ3n) is 4.19. The van der Waals surface area contributed by atoms with E-state index >= 15 is 0 Å². The van der Waals surface area contributed by atoms with Crippen LogP contribution in [0.3, 0.4) is 0 Å². The minimum atomic E-state index is 0.0229. The van der Waals surface area contributed by atoms with Gasteiger partial charge in [-0.25, -0.2) is 0 Å². The summed E-state index contributed by atoms with van der Waals surface area (Å²) in [5.41, 5.74) is 4.99. The molecule has 0 aliphatic heterocycles. The monoisotopic (exact) mass is 355 g/mol. The Morgan fingerprint density at radius 1 is 0.808 bits per heavy atom. The summed E-state index contributed by atoms with van der Waals surface area (Å²) in [6, 6.07) is 28.0. The highest BCUT2D eigenvalue weighted by Crippen LogP contribution is 2.27. The van der Waals surface area contributed by atoms with Gasteiger partial charge >= 0.3 is 0 Å². The summed E-state index contributed by atoms with van der Waals surface area (Å²) in [7, 11) is 0. The summed E-state index contributed by atoms with van der Waals surface area (Å²) >= 11 is 1.46. The number of rotatable bonds is 5. The van der Waals surface area contributed by atoms with Crippen LogP contribution in [-0.4, -0.2) is 10.8 Å². The molecular formula is C23H17NOS. The molecule has 1 N–H and O–H groups in total. The van der Waals surface area contributed by atoms with Crippen molar-refractivity contribution in [1.29, 1.82) is 0 Å². The SMILES string of the molecule is O=C(/C=C(/c1ccccc1)c1ccc(-c2ccccc2)[nH]1)c1cccs1. The number of H-pyrrole nitrogens is 1. The van der Waals surface area contributed by atoms with Crippen molar-refractivity contribution < 1.29 is 4.79 Å². The number of carbonyl (C=O) groups excluding carboxylic acids is 1. The van der Waals surface area contributed by atoms with Gasteiger partial charge in [-0.2, -0.15) is 0 Å². The molecule has 0 aliphatic carbocycles. The van der Waals surface area contributed by atoms with Crippen LogP contribution in [0.15, 0.2) is 96.4 Å². The molecule has 3 heteroatoms. The van der Waals surface area contributed by atoms with Crippen LogP contribution in [0.4, 0.5) is 0 Å². The van der Waals surface area contributed by atoms with E-state index in [1.165, 1.54) is 11.3 Å². The van der Waals surface area contributed by atoms with E-state index in [0.29, 0.717) is 0 Å². The second-order valence-electron chi connectivity index (χ2n) is 5.92. The second kappa shape index (κ2) is 7.38. The molecule has 0 aliphatic rings. The van der Waals surface area contributed by atoms with Crippen LogP contribution in [0.5, 0.6) is 0 Å². The van der Waals surface area contributed by atoms with Gasteiger partial charge in [0, 0.05) is 17.0 Å². The van der Waals surface area contributed by atoms with Crippen LogP contribution >= 0.6 is 11.3 Å². The van der Waals surface area contributed by atoms with Crippen molar-refractivity contribution in [2.45, 2.75) is 0 Å². The molecule has 26 heavy (non-hydrogen) atoms. The lowest BCUT2D eigenvalue weighted by Crippen LogP contribution is -1.96. The fraction of sp³-hybridized carbons (Fsp3) is 0. The second-order valence-corrected chi connectivity index (χ2v) is 6.86. The Labute approximate surface area is 156 Å². The highest BCUT2D eigenvalue weighted by Gasteiger charge is 2.12. The molecule has 0 radical (unpaired) electrons. The maximum absolute atomic E-state index is 12.7. The van der Waals surface area contributed by atoms with Crippen LogP contribution in [0.2, 0.25) is 0 Å². The van der Waals surface area contributed by atoms with Gasteiger partial charge in [-0.1, -0.05) is 66.7 Å². The van der Waals surface area contributed by atoms with E-state index in [2.05, 4.69) is 23.2 Å². The van der Waals surface area contributed by atoms with Gasteiger partial charge in [0.05, 0.1) is 4.88 Å². The molecule has 4 rings (SSSR count). The Bertz CT molecular complexity index is 1030. The predicted molar refractivity (Wildman–Crippen MR) is 108 cm³/mol. The topological polar surface area (TPSA) is 32.9 Å². The zero-order chi connectivity index (χ0) is 17.8. The zero-order valence-corrected chi connectivity index (χ0v) is 14.9. The average Bonchev–Trinajstić information content (AvgIpc) is 3.39. The summed E-state index contributed by atoms with van der Waals surface area (Å²) in [4.78, 5) is 16.9. The number of hydrogen-bond acceptors (Lipinski definition) is 2. The number of benzene rings is 2. The molecule has 0 atom stereocenters. The third-order valence-corrected chi connectivity index (χ3v) is 5.07. The van der Waals surface area contributed by atoms with Crippen molar-refractivity contribution in [1.82, 2.24) is 4.98 Å². The number of hydrogen-bond donors (Lipinski definition) is 1. The molecule has 2 heterocycles. The Balaban J connectivity index is 1.77. The maximum Gasteiger partial charge on any atom is 0.196 e. The maximum atomic E-state index is 12.7. The van der Waals surface area contributed by atoms with Crippen molar-refractivity contribution in [2.75, 3.05) is 0 Å². The minimum absolute atomic E-state index is 0.0229. The van der Waals surface area contributed by atoms with E-state index < -0.39 is 0 Å². The van der Waals surface area contributed by atoms with Crippen LogP contribution < -0.4 is 0 Å². The van der Waals surface area contributed by atoms with Gasteiger partial charge in [-0.15, -0.1) is 11.3 Å². The normalized spacial score (nSPS) is 11.5. The summed E-state index contributed by atoms with van der Waals surface area (Å²) in [6.07, 6.45) is 1.72. The molecule has 0 bridgehead atoms. The third kappa shape index (κ3) is 3.44. The van der Waals surface area contributed by atoms with E-state index in [-0.39, 0.29) is 5.78 Å². The molecule has 2 aromatic heterocycles. The smallest absolute Gasteiger partial charge is 0.196 e. The molecule has 0 spiro atoms. The first-order valence-electron chi connectivity index (χ1n) is 8.41. The number of allylic oxidation sites excluding steroid dienone is 1. The Morgan fingerprint density at radius 3 is 2.23 bits per heavy atom. The molecular weight excluding hydrogens is 338 g/mol. The Hall–Kier alpha value is -3.17. The average molecular weight is 355 g/mol. The Kier molecular flexibility index (Phi) is 4.63. The van der Waals surface area contributed by atoms with E-state index in [1.807, 2.05) is 72.1 Å². The van der Waals surface area contributed by atoms with Crippen LogP contribution in [0.25, 0.3) is 16.8 Å². The quantitative estimate of drug-likeness (QED) is 0.343. The summed E-state index contributed by atoms with van der Waals surface area (Å²) in [5.74, 6) is 0.0229. The highest BCUT2D eigenvalue weighted by molar-refractivity contribution is 7.12. The van der Waals surface area contributed by atoms with Gasteiger partial charge in [0.15, 0.2) is 5.78 Å². The van der Waals surface area contributed by atoms with Crippen molar-refractivity contribution in [3.05, 3.63) is 113 Å². The van der Waals surface area contributed by atoms with Gasteiger partial charge in [0.1, 0.15) is 0 Å². The first-order valence-corrected chi connectivity index (χ1v) is 9.29. The van der Waals surface area contributed by atoms with Crippen molar-refractivity contribution in [3.63, 3.8) is 0 Å². The molecule has 0 amide bonds. The van der Waals surface area contributed by atoms with Gasteiger partial charge in [0.25, 0.3) is 0 Å². The van der Waals surface area contributed by atoms with E-state index in [1.54, 1.807) is 6.08 Å². The molecule has 0 fully saturated rings. The standard InChI is InChI=1S/C23H17NOS/c25-22(23-12-7-15-26-23)16-19(17-8-3-1-4-9-17)21-14-13-20(24-21)18-10-5-2-6-11-18/h1-16,24H/b19-16-. The lowest BCUT2D eigenvalue weighted by Gasteiger charge is -2.06. The number of aromatic nitrogens is 1. The van der Waals surface area contributed by atoms with Crippen LogP contribution in [0.1, 0.15) is 20.9 Å². The first-order chi connectivity index (χ1) is 12.8. The number of ketones is 1. The van der Waals surface area contributed by atoms with Gasteiger partial charge in [-0.05, 0) is 40.8 Å². The Morgan fingerprint density at radius 2 is 1.54 bits per heavy atom. The van der Waals surface area contributed by atoms with Crippen molar-refractivity contribution in [3.8, 4) is 11.3 Å². The fourth-order valence-electron chi connectivity index (χ4n) is 2.89. The first kappa shape index (κ1) is 16.3. The molecule has 2 nitrogen and oxygen atoms in total. The number of thiophene rings is 1. The number of carbonyl (C=O) groups is 1. The van der Waals surface area contributed by atoms with Gasteiger partial charge in [-0.3, -0.25) is 4.79 Å². The van der Waals surface area contributed by atoms with Gasteiger partial charge < -0.3 is 4.98 Å². The molecule has 0 saturated heterocycles. The zero-order valence-electron chi connectivity index (χ0n) is 14.1. The van der Waals surface area contributed by atoms with Crippen LogP contribution in [-0.2, 0) is 0 Å². The molecule has 4 aromatic rings.